The summed E-state index contributed by atoms with van der Waals surface area (Å²) in [4.78, 5) is 34.8. The molecule has 10 nitrogen and oxygen atoms in total. The zero-order valence-electron chi connectivity index (χ0n) is 20.7. The van der Waals surface area contributed by atoms with Crippen LogP contribution in [0.2, 0.25) is 0 Å². The summed E-state index contributed by atoms with van der Waals surface area (Å²) in [5, 5.41) is 15.7. The van der Waals surface area contributed by atoms with Crippen LogP contribution in [-0.4, -0.2) is 54.0 Å². The Morgan fingerprint density at radius 3 is 2.47 bits per heavy atom. The van der Waals surface area contributed by atoms with Gasteiger partial charge in [-0.15, -0.1) is 10.2 Å². The molecule has 3 heterocycles. The van der Waals surface area contributed by atoms with Gasteiger partial charge in [-0.3, -0.25) is 14.6 Å². The van der Waals surface area contributed by atoms with E-state index >= 15 is 0 Å². The number of tetrazole rings is 1. The Morgan fingerprint density at radius 2 is 1.78 bits per heavy atom. The van der Waals surface area contributed by atoms with Gasteiger partial charge in [-0.1, -0.05) is 32.1 Å². The summed E-state index contributed by atoms with van der Waals surface area (Å²) in [7, 11) is 0. The average molecular weight is 492 g/mol. The Morgan fingerprint density at radius 1 is 1.06 bits per heavy atom. The van der Waals surface area contributed by atoms with E-state index in [1.54, 1.807) is 23.4 Å². The molecular weight excluding hydrogens is 458 g/mol. The van der Waals surface area contributed by atoms with Crippen LogP contribution in [0.4, 0.5) is 0 Å². The van der Waals surface area contributed by atoms with Gasteiger partial charge in [0.1, 0.15) is 18.3 Å². The van der Waals surface area contributed by atoms with Crippen LogP contribution in [0, 0.1) is 6.92 Å². The summed E-state index contributed by atoms with van der Waals surface area (Å²) < 4.78 is 5.59. The Labute approximate surface area is 210 Å². The van der Waals surface area contributed by atoms with Crippen molar-refractivity contribution >= 4 is 11.8 Å². The molecule has 10 heteroatoms. The van der Waals surface area contributed by atoms with Crippen LogP contribution in [0.1, 0.15) is 75.2 Å². The second-order valence-electron chi connectivity index (χ2n) is 9.82. The highest BCUT2D eigenvalue weighted by Crippen LogP contribution is 2.32. The van der Waals surface area contributed by atoms with Gasteiger partial charge < -0.3 is 14.6 Å². The highest BCUT2D eigenvalue weighted by atomic mass is 16.3. The first-order chi connectivity index (χ1) is 17.6. The van der Waals surface area contributed by atoms with Gasteiger partial charge in [0, 0.05) is 24.5 Å². The maximum absolute atomic E-state index is 13.9. The van der Waals surface area contributed by atoms with Crippen LogP contribution in [0.5, 0.6) is 0 Å². The molecule has 0 aromatic carbocycles. The SMILES string of the molecule is Cc1ccc(-c2nnn(CC(=O)N(C3CCCCC3)[C@H](C(=O)NC3CCCC3)c3ccncc3)n2)o1. The van der Waals surface area contributed by atoms with Gasteiger partial charge >= 0.3 is 0 Å². The van der Waals surface area contributed by atoms with E-state index in [-0.39, 0.29) is 30.4 Å². The lowest BCUT2D eigenvalue weighted by atomic mass is 9.91. The first-order valence-electron chi connectivity index (χ1n) is 12.9. The molecule has 3 aromatic rings. The first kappa shape index (κ1) is 24.1. The Hall–Kier alpha value is -3.56. The summed E-state index contributed by atoms with van der Waals surface area (Å²) in [6.45, 7) is 1.73. The maximum Gasteiger partial charge on any atom is 0.247 e. The molecule has 0 spiro atoms. The standard InChI is InChI=1S/C26H33N7O3/c1-18-11-12-22(36-18)25-29-31-32(30-25)17-23(34)33(21-9-3-2-4-10-21)24(19-13-15-27-16-14-19)26(35)28-20-7-5-6-8-20/h11-16,20-21,24H,2-10,17H2,1H3,(H,28,35)/t24-/m0/s1. The number of nitrogens with zero attached hydrogens (tertiary/aromatic N) is 6. The molecule has 1 atom stereocenters. The van der Waals surface area contributed by atoms with Crippen molar-refractivity contribution in [1.29, 1.82) is 0 Å². The third-order valence-electron chi connectivity index (χ3n) is 7.20. The normalized spacial score (nSPS) is 17.7. The number of furan rings is 1. The van der Waals surface area contributed by atoms with Gasteiger partial charge in [-0.2, -0.15) is 4.80 Å². The molecule has 0 unspecified atom stereocenters. The molecule has 2 aliphatic rings. The van der Waals surface area contributed by atoms with Crippen molar-refractivity contribution in [3.63, 3.8) is 0 Å². The minimum Gasteiger partial charge on any atom is -0.458 e. The zero-order valence-corrected chi connectivity index (χ0v) is 20.7. The molecule has 0 saturated heterocycles. The first-order valence-corrected chi connectivity index (χ1v) is 12.9. The molecule has 190 valence electrons. The minimum absolute atomic E-state index is 0.0329. The summed E-state index contributed by atoms with van der Waals surface area (Å²) in [5.41, 5.74) is 0.762. The number of rotatable bonds is 8. The number of amides is 2. The fourth-order valence-corrected chi connectivity index (χ4v) is 5.42. The largest absolute Gasteiger partial charge is 0.458 e. The second kappa shape index (κ2) is 11.0. The fraction of sp³-hybridized carbons (Fsp3) is 0.538. The Balaban J connectivity index is 1.43. The lowest BCUT2D eigenvalue weighted by Crippen LogP contribution is -2.51. The summed E-state index contributed by atoms with van der Waals surface area (Å²) in [6, 6.07) is 6.64. The monoisotopic (exact) mass is 491 g/mol. The van der Waals surface area contributed by atoms with E-state index in [0.717, 1.165) is 69.1 Å². The molecule has 2 amide bonds. The van der Waals surface area contributed by atoms with E-state index in [1.165, 1.54) is 4.80 Å². The smallest absolute Gasteiger partial charge is 0.247 e. The van der Waals surface area contributed by atoms with Crippen molar-refractivity contribution in [3.05, 3.63) is 48.0 Å². The molecule has 36 heavy (non-hydrogen) atoms. The van der Waals surface area contributed by atoms with E-state index < -0.39 is 6.04 Å². The third kappa shape index (κ3) is 5.47. The third-order valence-corrected chi connectivity index (χ3v) is 7.20. The summed E-state index contributed by atoms with van der Waals surface area (Å²) in [6.07, 6.45) is 12.5. The van der Waals surface area contributed by atoms with Gasteiger partial charge in [-0.25, -0.2) is 0 Å². The number of hydrogen-bond acceptors (Lipinski definition) is 7. The number of carbonyl (C=O) groups is 2. The second-order valence-corrected chi connectivity index (χ2v) is 9.82. The predicted octanol–water partition coefficient (Wildman–Crippen LogP) is 3.60. The lowest BCUT2D eigenvalue weighted by Gasteiger charge is -2.39. The molecule has 2 saturated carbocycles. The van der Waals surface area contributed by atoms with Crippen LogP contribution in [0.25, 0.3) is 11.6 Å². The van der Waals surface area contributed by atoms with Crippen molar-refractivity contribution in [2.24, 2.45) is 0 Å². The Bertz CT molecular complexity index is 1160. The number of nitrogens with one attached hydrogen (secondary N) is 1. The molecule has 0 bridgehead atoms. The number of aryl methyl sites for hydroxylation is 1. The molecule has 3 aromatic heterocycles. The highest BCUT2D eigenvalue weighted by Gasteiger charge is 2.38. The Kier molecular flexibility index (Phi) is 7.39. The van der Waals surface area contributed by atoms with Crippen LogP contribution in [-0.2, 0) is 16.1 Å². The fourth-order valence-electron chi connectivity index (χ4n) is 5.42. The number of hydrogen-bond donors (Lipinski definition) is 1. The van der Waals surface area contributed by atoms with Crippen molar-refractivity contribution in [3.8, 4) is 11.6 Å². The van der Waals surface area contributed by atoms with Gasteiger partial charge in [-0.05, 0) is 67.6 Å². The van der Waals surface area contributed by atoms with Crippen LogP contribution < -0.4 is 5.32 Å². The van der Waals surface area contributed by atoms with Gasteiger partial charge in [0.25, 0.3) is 0 Å². The lowest BCUT2D eigenvalue weighted by molar-refractivity contribution is -0.145. The van der Waals surface area contributed by atoms with E-state index in [2.05, 4.69) is 25.7 Å². The maximum atomic E-state index is 13.9. The van der Waals surface area contributed by atoms with E-state index in [4.69, 9.17) is 4.42 Å². The summed E-state index contributed by atoms with van der Waals surface area (Å²) in [5.74, 6) is 1.23. The zero-order chi connectivity index (χ0) is 24.9. The van der Waals surface area contributed by atoms with E-state index in [1.807, 2.05) is 25.1 Å². The minimum atomic E-state index is -0.736. The van der Waals surface area contributed by atoms with E-state index in [9.17, 15) is 9.59 Å². The van der Waals surface area contributed by atoms with Crippen molar-refractivity contribution < 1.29 is 14.0 Å². The van der Waals surface area contributed by atoms with Gasteiger partial charge in [0.2, 0.25) is 17.6 Å². The van der Waals surface area contributed by atoms with Crippen LogP contribution >= 0.6 is 0 Å². The average Bonchev–Trinajstić information content (AvgIpc) is 3.66. The topological polar surface area (TPSA) is 119 Å². The number of pyridine rings is 1. The predicted molar refractivity (Wildman–Crippen MR) is 131 cm³/mol. The van der Waals surface area contributed by atoms with Crippen molar-refractivity contribution in [2.45, 2.75) is 89.4 Å². The van der Waals surface area contributed by atoms with Crippen LogP contribution in [0.3, 0.4) is 0 Å². The molecule has 2 aliphatic carbocycles. The number of carbonyl (C=O) groups excluding carboxylic acids is 2. The van der Waals surface area contributed by atoms with Crippen LogP contribution in [0.15, 0.2) is 41.1 Å². The van der Waals surface area contributed by atoms with Gasteiger partial charge in [0.15, 0.2) is 5.76 Å². The van der Waals surface area contributed by atoms with Gasteiger partial charge in [0.05, 0.1) is 0 Å². The molecule has 2 fully saturated rings. The molecule has 1 N–H and O–H groups in total. The number of aromatic nitrogens is 5. The van der Waals surface area contributed by atoms with Crippen molar-refractivity contribution in [1.82, 2.24) is 35.4 Å². The highest BCUT2D eigenvalue weighted by molar-refractivity contribution is 5.89. The van der Waals surface area contributed by atoms with Crippen molar-refractivity contribution in [2.75, 3.05) is 0 Å². The quantitative estimate of drug-likeness (QED) is 0.511. The molecular formula is C26H33N7O3. The van der Waals surface area contributed by atoms with E-state index in [0.29, 0.717) is 11.6 Å². The summed E-state index contributed by atoms with van der Waals surface area (Å²) >= 11 is 0. The molecule has 0 aliphatic heterocycles. The molecule has 5 rings (SSSR count). The molecule has 0 radical (unpaired) electrons.